The summed E-state index contributed by atoms with van der Waals surface area (Å²) in [5.74, 6) is 2.35. The van der Waals surface area contributed by atoms with Gasteiger partial charge in [-0.25, -0.2) is 8.42 Å². The van der Waals surface area contributed by atoms with E-state index in [0.29, 0.717) is 30.3 Å². The Labute approximate surface area is 124 Å². The van der Waals surface area contributed by atoms with Crippen LogP contribution in [0.25, 0.3) is 0 Å². The molecule has 0 radical (unpaired) electrons. The molecule has 1 heterocycles. The van der Waals surface area contributed by atoms with E-state index in [0.717, 1.165) is 17.1 Å². The highest BCUT2D eigenvalue weighted by Gasteiger charge is 2.26. The summed E-state index contributed by atoms with van der Waals surface area (Å²) in [4.78, 5) is 0.299. The van der Waals surface area contributed by atoms with Crippen molar-refractivity contribution in [3.8, 4) is 5.75 Å². The molecule has 7 heteroatoms. The van der Waals surface area contributed by atoms with Gasteiger partial charge in [0.1, 0.15) is 5.75 Å². The number of sulfonamides is 1. The van der Waals surface area contributed by atoms with Crippen molar-refractivity contribution in [3.63, 3.8) is 0 Å². The molecule has 0 aliphatic carbocycles. The Kier molecular flexibility index (Phi) is 5.31. The first-order chi connectivity index (χ1) is 9.59. The number of benzene rings is 1. The Morgan fingerprint density at radius 2 is 2.05 bits per heavy atom. The molecule has 1 aliphatic heterocycles. The van der Waals surface area contributed by atoms with Crippen molar-refractivity contribution in [2.45, 2.75) is 18.4 Å². The summed E-state index contributed by atoms with van der Waals surface area (Å²) in [6.07, 6.45) is 0. The van der Waals surface area contributed by atoms with E-state index in [1.807, 2.05) is 6.92 Å². The quantitative estimate of drug-likeness (QED) is 0.886. The monoisotopic (exact) mass is 316 g/mol. The Balaban J connectivity index is 2.31. The summed E-state index contributed by atoms with van der Waals surface area (Å²) < 4.78 is 32.1. The lowest BCUT2D eigenvalue weighted by molar-refractivity contribution is 0.336. The van der Waals surface area contributed by atoms with E-state index in [2.05, 4.69) is 0 Å². The molecule has 0 bridgehead atoms. The molecule has 20 heavy (non-hydrogen) atoms. The molecular weight excluding hydrogens is 296 g/mol. The highest BCUT2D eigenvalue weighted by Crippen LogP contribution is 2.26. The number of hydrogen-bond acceptors (Lipinski definition) is 5. The number of thioether (sulfide) groups is 1. The largest absolute Gasteiger partial charge is 0.494 e. The van der Waals surface area contributed by atoms with Gasteiger partial charge in [0.2, 0.25) is 10.0 Å². The maximum absolute atomic E-state index is 12.6. The molecule has 1 aromatic carbocycles. The second-order valence-electron chi connectivity index (χ2n) is 4.42. The number of rotatable bonds is 5. The average Bonchev–Trinajstić information content (AvgIpc) is 2.48. The van der Waals surface area contributed by atoms with Gasteiger partial charge in [-0.05, 0) is 25.1 Å². The second kappa shape index (κ2) is 6.80. The fourth-order valence-corrected chi connectivity index (χ4v) is 4.73. The van der Waals surface area contributed by atoms with Crippen LogP contribution in [0.5, 0.6) is 5.75 Å². The van der Waals surface area contributed by atoms with E-state index < -0.39 is 10.0 Å². The first-order valence-electron chi connectivity index (χ1n) is 6.63. The van der Waals surface area contributed by atoms with E-state index in [1.165, 1.54) is 0 Å². The highest BCUT2D eigenvalue weighted by atomic mass is 32.2. The lowest BCUT2D eigenvalue weighted by Crippen LogP contribution is -2.37. The van der Waals surface area contributed by atoms with Crippen LogP contribution in [0.2, 0.25) is 0 Å². The van der Waals surface area contributed by atoms with Crippen LogP contribution in [0.3, 0.4) is 0 Å². The van der Waals surface area contributed by atoms with E-state index in [1.54, 1.807) is 34.3 Å². The molecule has 2 rings (SSSR count). The zero-order chi connectivity index (χ0) is 14.6. The van der Waals surface area contributed by atoms with Gasteiger partial charge in [-0.2, -0.15) is 16.1 Å². The first kappa shape index (κ1) is 15.6. The third-order valence-corrected chi connectivity index (χ3v) is 6.00. The van der Waals surface area contributed by atoms with Crippen molar-refractivity contribution < 1.29 is 13.2 Å². The summed E-state index contributed by atoms with van der Waals surface area (Å²) in [5, 5.41) is 0. The second-order valence-corrected chi connectivity index (χ2v) is 7.59. The van der Waals surface area contributed by atoms with E-state index in [9.17, 15) is 8.42 Å². The molecule has 1 aromatic rings. The van der Waals surface area contributed by atoms with Crippen LogP contribution in [0.4, 0.5) is 0 Å². The summed E-state index contributed by atoms with van der Waals surface area (Å²) in [6.45, 7) is 3.81. The molecule has 112 valence electrons. The van der Waals surface area contributed by atoms with Crippen LogP contribution < -0.4 is 10.5 Å². The standard InChI is InChI=1S/C13H20N2O3S2/c1-2-18-13-4-3-12(9-11(13)10-14)20(16,17)15-5-7-19-8-6-15/h3-4,9H,2,5-8,10,14H2,1H3. The fourth-order valence-electron chi connectivity index (χ4n) is 2.11. The summed E-state index contributed by atoms with van der Waals surface area (Å²) in [5.41, 5.74) is 6.40. The minimum Gasteiger partial charge on any atom is -0.494 e. The normalized spacial score (nSPS) is 17.1. The van der Waals surface area contributed by atoms with Crippen molar-refractivity contribution in [2.75, 3.05) is 31.2 Å². The van der Waals surface area contributed by atoms with Gasteiger partial charge in [0.25, 0.3) is 0 Å². The van der Waals surface area contributed by atoms with Gasteiger partial charge >= 0.3 is 0 Å². The fraction of sp³-hybridized carbons (Fsp3) is 0.538. The molecule has 0 saturated carbocycles. The van der Waals surface area contributed by atoms with E-state index in [4.69, 9.17) is 10.5 Å². The molecule has 0 spiro atoms. The smallest absolute Gasteiger partial charge is 0.243 e. The molecule has 0 aromatic heterocycles. The van der Waals surface area contributed by atoms with Crippen molar-refractivity contribution >= 4 is 21.8 Å². The molecule has 0 unspecified atom stereocenters. The summed E-state index contributed by atoms with van der Waals surface area (Å²) >= 11 is 1.78. The maximum Gasteiger partial charge on any atom is 0.243 e. The van der Waals surface area contributed by atoms with Crippen molar-refractivity contribution in [1.29, 1.82) is 0 Å². The predicted octanol–water partition coefficient (Wildman–Crippen LogP) is 1.28. The van der Waals surface area contributed by atoms with Crippen LogP contribution in [0.15, 0.2) is 23.1 Å². The Bertz CT molecular complexity index is 555. The van der Waals surface area contributed by atoms with Crippen LogP contribution in [0, 0.1) is 0 Å². The van der Waals surface area contributed by atoms with Crippen molar-refractivity contribution in [3.05, 3.63) is 23.8 Å². The van der Waals surface area contributed by atoms with Crippen LogP contribution in [-0.4, -0.2) is 43.9 Å². The molecule has 5 nitrogen and oxygen atoms in total. The first-order valence-corrected chi connectivity index (χ1v) is 9.22. The lowest BCUT2D eigenvalue weighted by atomic mass is 10.2. The van der Waals surface area contributed by atoms with Crippen molar-refractivity contribution in [2.24, 2.45) is 5.73 Å². The van der Waals surface area contributed by atoms with Gasteiger partial charge in [-0.15, -0.1) is 0 Å². The minimum atomic E-state index is -3.42. The third kappa shape index (κ3) is 3.28. The van der Waals surface area contributed by atoms with Crippen LogP contribution in [0.1, 0.15) is 12.5 Å². The Morgan fingerprint density at radius 1 is 1.35 bits per heavy atom. The van der Waals surface area contributed by atoms with Gasteiger partial charge in [0.05, 0.1) is 11.5 Å². The van der Waals surface area contributed by atoms with Gasteiger partial charge in [-0.3, -0.25) is 0 Å². The third-order valence-electron chi connectivity index (χ3n) is 3.16. The number of hydrogen-bond donors (Lipinski definition) is 1. The van der Waals surface area contributed by atoms with Crippen LogP contribution in [-0.2, 0) is 16.6 Å². The SMILES string of the molecule is CCOc1ccc(S(=O)(=O)N2CCSCC2)cc1CN. The van der Waals surface area contributed by atoms with Crippen molar-refractivity contribution in [1.82, 2.24) is 4.31 Å². The Morgan fingerprint density at radius 3 is 2.65 bits per heavy atom. The molecule has 1 aliphatic rings. The number of nitrogens with two attached hydrogens (primary N) is 1. The summed E-state index contributed by atoms with van der Waals surface area (Å²) in [7, 11) is -3.42. The molecular formula is C13H20N2O3S2. The van der Waals surface area contributed by atoms with Gasteiger partial charge in [-0.1, -0.05) is 0 Å². The topological polar surface area (TPSA) is 72.6 Å². The maximum atomic E-state index is 12.6. The zero-order valence-electron chi connectivity index (χ0n) is 11.5. The van der Waals surface area contributed by atoms with Gasteiger partial charge in [0, 0.05) is 36.7 Å². The molecule has 2 N–H and O–H groups in total. The van der Waals surface area contributed by atoms with E-state index in [-0.39, 0.29) is 6.54 Å². The minimum absolute atomic E-state index is 0.258. The average molecular weight is 316 g/mol. The molecule has 0 atom stereocenters. The molecule has 1 saturated heterocycles. The van der Waals surface area contributed by atoms with E-state index >= 15 is 0 Å². The highest BCUT2D eigenvalue weighted by molar-refractivity contribution is 7.99. The summed E-state index contributed by atoms with van der Waals surface area (Å²) in [6, 6.07) is 4.92. The van der Waals surface area contributed by atoms with Crippen LogP contribution >= 0.6 is 11.8 Å². The predicted molar refractivity (Wildman–Crippen MR) is 81.6 cm³/mol. The van der Waals surface area contributed by atoms with Gasteiger partial charge < -0.3 is 10.5 Å². The zero-order valence-corrected chi connectivity index (χ0v) is 13.2. The number of ether oxygens (including phenoxy) is 1. The molecule has 1 fully saturated rings. The van der Waals surface area contributed by atoms with Gasteiger partial charge in [0.15, 0.2) is 0 Å². The Hall–Kier alpha value is -0.760. The number of nitrogens with zero attached hydrogens (tertiary/aromatic N) is 1. The lowest BCUT2D eigenvalue weighted by Gasteiger charge is -2.26. The molecule has 0 amide bonds.